The Hall–Kier alpha value is -2.14. The zero-order chi connectivity index (χ0) is 13.7. The van der Waals surface area contributed by atoms with Crippen LogP contribution in [0.5, 0.6) is 0 Å². The van der Waals surface area contributed by atoms with Crippen LogP contribution in [0.15, 0.2) is 42.7 Å². The van der Waals surface area contributed by atoms with Gasteiger partial charge in [-0.3, -0.25) is 4.79 Å². The van der Waals surface area contributed by atoms with Gasteiger partial charge in [0.25, 0.3) is 0 Å². The van der Waals surface area contributed by atoms with Crippen molar-refractivity contribution >= 4 is 5.97 Å². The average molecular weight is 259 g/mol. The maximum atomic E-state index is 10.4. The minimum atomic E-state index is -0.785. The minimum absolute atomic E-state index is 0.153. The van der Waals surface area contributed by atoms with E-state index in [1.807, 2.05) is 36.5 Å². The van der Waals surface area contributed by atoms with E-state index in [1.165, 1.54) is 0 Å². The van der Waals surface area contributed by atoms with Crippen molar-refractivity contribution in [2.45, 2.75) is 25.3 Å². The Kier molecular flexibility index (Phi) is 4.30. The Morgan fingerprint density at radius 3 is 2.79 bits per heavy atom. The second-order valence-corrected chi connectivity index (χ2v) is 4.45. The van der Waals surface area contributed by atoms with Crippen LogP contribution in [-0.2, 0) is 4.79 Å². The molecule has 5 heteroatoms. The van der Waals surface area contributed by atoms with E-state index < -0.39 is 5.97 Å². The lowest BCUT2D eigenvalue weighted by atomic mass is 10.1. The summed E-state index contributed by atoms with van der Waals surface area (Å²) >= 11 is 0. The van der Waals surface area contributed by atoms with Crippen molar-refractivity contribution in [2.75, 3.05) is 0 Å². The lowest BCUT2D eigenvalue weighted by Crippen LogP contribution is -2.10. The predicted octanol–water partition coefficient (Wildman–Crippen LogP) is 2.13. The smallest absolute Gasteiger partial charge is 0.303 e. The van der Waals surface area contributed by atoms with Crippen LogP contribution in [-0.4, -0.2) is 20.9 Å². The molecular weight excluding hydrogens is 242 g/mol. The molecule has 0 saturated heterocycles. The third kappa shape index (κ3) is 3.66. The normalized spacial score (nSPS) is 12.3. The minimum Gasteiger partial charge on any atom is -0.481 e. The van der Waals surface area contributed by atoms with Crippen molar-refractivity contribution in [2.24, 2.45) is 5.73 Å². The van der Waals surface area contributed by atoms with Gasteiger partial charge < -0.3 is 10.8 Å². The first-order chi connectivity index (χ1) is 9.16. The van der Waals surface area contributed by atoms with E-state index >= 15 is 0 Å². The Morgan fingerprint density at radius 1 is 1.37 bits per heavy atom. The first-order valence-corrected chi connectivity index (χ1v) is 6.24. The van der Waals surface area contributed by atoms with Crippen LogP contribution in [0, 0.1) is 0 Å². The molecule has 0 saturated carbocycles. The molecule has 0 aliphatic carbocycles. The summed E-state index contributed by atoms with van der Waals surface area (Å²) in [7, 11) is 0. The van der Waals surface area contributed by atoms with Gasteiger partial charge in [0, 0.05) is 24.2 Å². The lowest BCUT2D eigenvalue weighted by Gasteiger charge is -2.07. The number of nitrogens with zero attached hydrogens (tertiary/aromatic N) is 2. The summed E-state index contributed by atoms with van der Waals surface area (Å²) in [5, 5.41) is 12.9. The van der Waals surface area contributed by atoms with Crippen molar-refractivity contribution in [1.29, 1.82) is 0 Å². The van der Waals surface area contributed by atoms with Gasteiger partial charge in [0.2, 0.25) is 0 Å². The molecule has 1 aromatic carbocycles. The Morgan fingerprint density at radius 2 is 2.11 bits per heavy atom. The van der Waals surface area contributed by atoms with Gasteiger partial charge in [-0.25, -0.2) is 4.68 Å². The number of para-hydroxylation sites is 1. The van der Waals surface area contributed by atoms with E-state index in [0.717, 1.165) is 11.3 Å². The highest BCUT2D eigenvalue weighted by Gasteiger charge is 2.10. The van der Waals surface area contributed by atoms with Crippen LogP contribution in [0.4, 0.5) is 0 Å². The first-order valence-electron chi connectivity index (χ1n) is 6.24. The van der Waals surface area contributed by atoms with E-state index in [2.05, 4.69) is 5.10 Å². The van der Waals surface area contributed by atoms with Crippen molar-refractivity contribution < 1.29 is 9.90 Å². The number of rotatable bonds is 6. The quantitative estimate of drug-likeness (QED) is 0.832. The zero-order valence-electron chi connectivity index (χ0n) is 10.6. The molecule has 0 aliphatic rings. The number of benzene rings is 1. The third-order valence-electron chi connectivity index (χ3n) is 2.96. The molecule has 0 radical (unpaired) electrons. The Bertz CT molecular complexity index is 537. The SMILES string of the molecule is NC(CCCC(=O)O)c1cnn(-c2ccccc2)c1. The van der Waals surface area contributed by atoms with Gasteiger partial charge in [0.05, 0.1) is 11.9 Å². The molecule has 0 fully saturated rings. The highest BCUT2D eigenvalue weighted by molar-refractivity contribution is 5.66. The van der Waals surface area contributed by atoms with Crippen molar-refractivity contribution in [1.82, 2.24) is 9.78 Å². The summed E-state index contributed by atoms with van der Waals surface area (Å²) in [6.07, 6.45) is 5.00. The van der Waals surface area contributed by atoms with Gasteiger partial charge in [-0.2, -0.15) is 5.10 Å². The van der Waals surface area contributed by atoms with E-state index in [0.29, 0.717) is 12.8 Å². The van der Waals surface area contributed by atoms with Gasteiger partial charge in [-0.15, -0.1) is 0 Å². The van der Waals surface area contributed by atoms with Crippen LogP contribution in [0.25, 0.3) is 5.69 Å². The fourth-order valence-electron chi connectivity index (χ4n) is 1.89. The molecule has 0 spiro atoms. The molecule has 1 atom stereocenters. The van der Waals surface area contributed by atoms with E-state index in [-0.39, 0.29) is 12.5 Å². The molecule has 1 unspecified atom stereocenters. The zero-order valence-corrected chi connectivity index (χ0v) is 10.6. The number of carbonyl (C=O) groups is 1. The van der Waals surface area contributed by atoms with Crippen LogP contribution >= 0.6 is 0 Å². The van der Waals surface area contributed by atoms with E-state index in [1.54, 1.807) is 10.9 Å². The highest BCUT2D eigenvalue weighted by Crippen LogP contribution is 2.17. The molecule has 19 heavy (non-hydrogen) atoms. The maximum absolute atomic E-state index is 10.4. The van der Waals surface area contributed by atoms with Crippen molar-refractivity contribution in [3.8, 4) is 5.69 Å². The topological polar surface area (TPSA) is 81.1 Å². The number of hydrogen-bond donors (Lipinski definition) is 2. The molecule has 1 aromatic heterocycles. The fourth-order valence-corrected chi connectivity index (χ4v) is 1.89. The average Bonchev–Trinajstić information content (AvgIpc) is 2.89. The van der Waals surface area contributed by atoms with Gasteiger partial charge in [0.15, 0.2) is 0 Å². The standard InChI is InChI=1S/C14H17N3O2/c15-13(7-4-8-14(18)19)11-9-16-17(10-11)12-5-2-1-3-6-12/h1-3,5-6,9-10,13H,4,7-8,15H2,(H,18,19). The maximum Gasteiger partial charge on any atom is 0.303 e. The summed E-state index contributed by atoms with van der Waals surface area (Å²) in [5.41, 5.74) is 7.93. The van der Waals surface area contributed by atoms with Crippen LogP contribution in [0.1, 0.15) is 30.9 Å². The van der Waals surface area contributed by atoms with Crippen LogP contribution in [0.3, 0.4) is 0 Å². The fraction of sp³-hybridized carbons (Fsp3) is 0.286. The molecule has 2 aromatic rings. The molecule has 0 aliphatic heterocycles. The number of carboxylic acids is 1. The number of nitrogens with two attached hydrogens (primary N) is 1. The van der Waals surface area contributed by atoms with E-state index in [4.69, 9.17) is 10.8 Å². The molecule has 1 heterocycles. The highest BCUT2D eigenvalue weighted by atomic mass is 16.4. The van der Waals surface area contributed by atoms with Crippen molar-refractivity contribution in [3.63, 3.8) is 0 Å². The molecule has 2 rings (SSSR count). The van der Waals surface area contributed by atoms with Crippen LogP contribution in [0.2, 0.25) is 0 Å². The molecule has 0 amide bonds. The monoisotopic (exact) mass is 259 g/mol. The van der Waals surface area contributed by atoms with Gasteiger partial charge in [-0.1, -0.05) is 18.2 Å². The Balaban J connectivity index is 1.99. The molecule has 5 nitrogen and oxygen atoms in total. The van der Waals surface area contributed by atoms with Crippen molar-refractivity contribution in [3.05, 3.63) is 48.3 Å². The molecule has 100 valence electrons. The number of carboxylic acid groups (broad SMARTS) is 1. The molecular formula is C14H17N3O2. The number of aliphatic carboxylic acids is 1. The summed E-state index contributed by atoms with van der Waals surface area (Å²) in [6, 6.07) is 9.61. The largest absolute Gasteiger partial charge is 0.481 e. The number of aromatic nitrogens is 2. The second kappa shape index (κ2) is 6.15. The predicted molar refractivity (Wildman–Crippen MR) is 72.0 cm³/mol. The molecule has 3 N–H and O–H groups in total. The second-order valence-electron chi connectivity index (χ2n) is 4.45. The van der Waals surface area contributed by atoms with Gasteiger partial charge in [-0.05, 0) is 25.0 Å². The summed E-state index contributed by atoms with van der Waals surface area (Å²) in [4.78, 5) is 10.4. The summed E-state index contributed by atoms with van der Waals surface area (Å²) in [6.45, 7) is 0. The third-order valence-corrected chi connectivity index (χ3v) is 2.96. The summed E-state index contributed by atoms with van der Waals surface area (Å²) in [5.74, 6) is -0.785. The first kappa shape index (κ1) is 13.3. The lowest BCUT2D eigenvalue weighted by molar-refractivity contribution is -0.137. The summed E-state index contributed by atoms with van der Waals surface area (Å²) < 4.78 is 1.77. The van der Waals surface area contributed by atoms with Crippen LogP contribution < -0.4 is 5.73 Å². The molecule has 0 bridgehead atoms. The van der Waals surface area contributed by atoms with E-state index in [9.17, 15) is 4.79 Å². The van der Waals surface area contributed by atoms with Gasteiger partial charge >= 0.3 is 5.97 Å². The Labute approximate surface area is 111 Å². The number of hydrogen-bond acceptors (Lipinski definition) is 3. The van der Waals surface area contributed by atoms with Gasteiger partial charge in [0.1, 0.15) is 0 Å².